The van der Waals surface area contributed by atoms with E-state index in [4.69, 9.17) is 0 Å². The monoisotopic (exact) mass is 230 g/mol. The highest BCUT2D eigenvalue weighted by Gasteiger charge is 2.19. The first-order valence-electron chi connectivity index (χ1n) is 6.48. The maximum Gasteiger partial charge on any atom is 0.0204 e. The van der Waals surface area contributed by atoms with Crippen molar-refractivity contribution in [2.45, 2.75) is 12.3 Å². The van der Waals surface area contributed by atoms with Crippen molar-refractivity contribution in [2.24, 2.45) is 0 Å². The van der Waals surface area contributed by atoms with Crippen LogP contribution in [0.2, 0.25) is 0 Å². The molecule has 0 aliphatic heterocycles. The summed E-state index contributed by atoms with van der Waals surface area (Å²) in [6, 6.07) is 15.7. The maximum absolute atomic E-state index is 2.38. The number of benzene rings is 2. The van der Waals surface area contributed by atoms with E-state index < -0.39 is 0 Å². The minimum atomic E-state index is 0.471. The molecular formula is C18H14. The first-order chi connectivity index (χ1) is 8.92. The topological polar surface area (TPSA) is 0 Å². The number of allylic oxidation sites excluding steroid dienone is 4. The molecule has 2 aromatic rings. The van der Waals surface area contributed by atoms with E-state index in [0.29, 0.717) is 5.92 Å². The van der Waals surface area contributed by atoms with Crippen molar-refractivity contribution in [1.29, 1.82) is 0 Å². The zero-order valence-electron chi connectivity index (χ0n) is 10.1. The molecule has 86 valence electrons. The average Bonchev–Trinajstić information content (AvgIpc) is 3.05. The Kier molecular flexibility index (Phi) is 2.04. The summed E-state index contributed by atoms with van der Waals surface area (Å²) in [4.78, 5) is 0. The van der Waals surface area contributed by atoms with Gasteiger partial charge in [-0.1, -0.05) is 66.8 Å². The van der Waals surface area contributed by atoms with Crippen LogP contribution in [0.3, 0.4) is 0 Å². The number of hydrogen-bond donors (Lipinski definition) is 0. The molecule has 0 fully saturated rings. The Labute approximate surface area is 107 Å². The van der Waals surface area contributed by atoms with Crippen molar-refractivity contribution in [3.8, 4) is 11.1 Å². The predicted octanol–water partition coefficient (Wildman–Crippen LogP) is 4.47. The molecule has 0 unspecified atom stereocenters. The zero-order chi connectivity index (χ0) is 11.9. The molecule has 0 N–H and O–H groups in total. The molecule has 0 spiro atoms. The summed E-state index contributed by atoms with van der Waals surface area (Å²) in [6.45, 7) is 0. The summed E-state index contributed by atoms with van der Waals surface area (Å²) in [5.74, 6) is 0.471. The molecule has 0 nitrogen and oxygen atoms in total. The second-order valence-electron chi connectivity index (χ2n) is 5.05. The van der Waals surface area contributed by atoms with Gasteiger partial charge in [0.2, 0.25) is 0 Å². The van der Waals surface area contributed by atoms with E-state index in [1.165, 1.54) is 27.8 Å². The molecule has 0 aromatic heterocycles. The first kappa shape index (κ1) is 9.90. The summed E-state index contributed by atoms with van der Waals surface area (Å²) < 4.78 is 0. The summed E-state index contributed by atoms with van der Waals surface area (Å²) in [7, 11) is 0. The lowest BCUT2D eigenvalue weighted by Gasteiger charge is -2.08. The third-order valence-corrected chi connectivity index (χ3v) is 3.95. The molecule has 0 saturated carbocycles. The van der Waals surface area contributed by atoms with Gasteiger partial charge >= 0.3 is 0 Å². The van der Waals surface area contributed by atoms with Gasteiger partial charge in [-0.25, -0.2) is 0 Å². The Morgan fingerprint density at radius 1 is 0.778 bits per heavy atom. The van der Waals surface area contributed by atoms with Crippen LogP contribution in [0, 0.1) is 0 Å². The van der Waals surface area contributed by atoms with Crippen LogP contribution in [0.25, 0.3) is 11.1 Å². The van der Waals surface area contributed by atoms with E-state index in [1.807, 2.05) is 0 Å². The maximum atomic E-state index is 2.38. The van der Waals surface area contributed by atoms with Crippen LogP contribution in [0.1, 0.15) is 22.6 Å². The number of rotatable bonds is 1. The lowest BCUT2D eigenvalue weighted by Crippen LogP contribution is -1.91. The van der Waals surface area contributed by atoms with Gasteiger partial charge in [0.25, 0.3) is 0 Å². The van der Waals surface area contributed by atoms with Gasteiger partial charge in [-0.3, -0.25) is 0 Å². The Balaban J connectivity index is 1.81. The van der Waals surface area contributed by atoms with E-state index in [9.17, 15) is 0 Å². The van der Waals surface area contributed by atoms with E-state index >= 15 is 0 Å². The third-order valence-electron chi connectivity index (χ3n) is 3.95. The zero-order valence-corrected chi connectivity index (χ0v) is 10.1. The molecule has 0 amide bonds. The summed E-state index contributed by atoms with van der Waals surface area (Å²) in [5.41, 5.74) is 7.17. The first-order valence-corrected chi connectivity index (χ1v) is 6.48. The lowest BCUT2D eigenvalue weighted by atomic mass is 9.96. The summed E-state index contributed by atoms with van der Waals surface area (Å²) in [6.07, 6.45) is 9.85. The standard InChI is InChI=1S/C18H14/c1-2-6-13(5-1)14-9-10-18-16(11-14)12-15-7-3-4-8-17(15)18/h1-11,13H,12H2. The fourth-order valence-electron chi connectivity index (χ4n) is 3.03. The van der Waals surface area contributed by atoms with E-state index in [-0.39, 0.29) is 0 Å². The van der Waals surface area contributed by atoms with Crippen LogP contribution >= 0.6 is 0 Å². The van der Waals surface area contributed by atoms with Crippen LogP contribution in [0.15, 0.2) is 66.8 Å². The average molecular weight is 230 g/mol. The molecule has 0 radical (unpaired) electrons. The van der Waals surface area contributed by atoms with Gasteiger partial charge in [0, 0.05) is 5.92 Å². The van der Waals surface area contributed by atoms with Gasteiger partial charge in [-0.2, -0.15) is 0 Å². The molecule has 2 aliphatic rings. The molecule has 0 atom stereocenters. The predicted molar refractivity (Wildman–Crippen MR) is 75.7 cm³/mol. The van der Waals surface area contributed by atoms with Crippen molar-refractivity contribution >= 4 is 0 Å². The van der Waals surface area contributed by atoms with Crippen molar-refractivity contribution in [1.82, 2.24) is 0 Å². The van der Waals surface area contributed by atoms with E-state index in [0.717, 1.165) is 6.42 Å². The Morgan fingerprint density at radius 3 is 2.44 bits per heavy atom. The fourth-order valence-corrected chi connectivity index (χ4v) is 3.03. The van der Waals surface area contributed by atoms with Crippen LogP contribution in [-0.2, 0) is 6.42 Å². The van der Waals surface area contributed by atoms with Crippen LogP contribution in [0.4, 0.5) is 0 Å². The Bertz CT molecular complexity index is 662. The lowest BCUT2D eigenvalue weighted by molar-refractivity contribution is 1.09. The Morgan fingerprint density at radius 2 is 1.56 bits per heavy atom. The minimum Gasteiger partial charge on any atom is -0.0732 e. The van der Waals surface area contributed by atoms with Crippen molar-refractivity contribution < 1.29 is 0 Å². The summed E-state index contributed by atoms with van der Waals surface area (Å²) >= 11 is 0. The highest BCUT2D eigenvalue weighted by Crippen LogP contribution is 2.38. The smallest absolute Gasteiger partial charge is 0.0204 e. The van der Waals surface area contributed by atoms with Crippen molar-refractivity contribution in [3.63, 3.8) is 0 Å². The molecular weight excluding hydrogens is 216 g/mol. The van der Waals surface area contributed by atoms with Gasteiger partial charge in [0.05, 0.1) is 0 Å². The number of hydrogen-bond acceptors (Lipinski definition) is 0. The normalized spacial score (nSPS) is 16.0. The third kappa shape index (κ3) is 1.39. The van der Waals surface area contributed by atoms with Gasteiger partial charge in [0.15, 0.2) is 0 Å². The van der Waals surface area contributed by atoms with Gasteiger partial charge in [0.1, 0.15) is 0 Å². The van der Waals surface area contributed by atoms with Gasteiger partial charge < -0.3 is 0 Å². The second-order valence-corrected chi connectivity index (χ2v) is 5.05. The highest BCUT2D eigenvalue weighted by atomic mass is 14.2. The molecule has 0 saturated heterocycles. The van der Waals surface area contributed by atoms with Crippen molar-refractivity contribution in [2.75, 3.05) is 0 Å². The van der Waals surface area contributed by atoms with Gasteiger partial charge in [-0.05, 0) is 34.2 Å². The van der Waals surface area contributed by atoms with Gasteiger partial charge in [-0.15, -0.1) is 0 Å². The van der Waals surface area contributed by atoms with Crippen LogP contribution in [0.5, 0.6) is 0 Å². The van der Waals surface area contributed by atoms with Crippen molar-refractivity contribution in [3.05, 3.63) is 83.5 Å². The van der Waals surface area contributed by atoms with E-state index in [2.05, 4.69) is 66.8 Å². The molecule has 2 aromatic carbocycles. The van der Waals surface area contributed by atoms with Crippen LogP contribution in [-0.4, -0.2) is 0 Å². The van der Waals surface area contributed by atoms with Crippen LogP contribution < -0.4 is 0 Å². The molecule has 0 bridgehead atoms. The fraction of sp³-hybridized carbons (Fsp3) is 0.111. The quantitative estimate of drug-likeness (QED) is 0.578. The Hall–Kier alpha value is -2.08. The molecule has 0 heterocycles. The molecule has 4 rings (SSSR count). The van der Waals surface area contributed by atoms with E-state index in [1.54, 1.807) is 0 Å². The SMILES string of the molecule is C1=CC(c2ccc3c(c2)Cc2ccccc2-3)C=C1. The largest absolute Gasteiger partial charge is 0.0732 e. The minimum absolute atomic E-state index is 0.471. The molecule has 18 heavy (non-hydrogen) atoms. The second kappa shape index (κ2) is 3.71. The molecule has 0 heteroatoms. The molecule has 2 aliphatic carbocycles. The summed E-state index contributed by atoms with van der Waals surface area (Å²) in [5, 5.41) is 0. The highest BCUT2D eigenvalue weighted by molar-refractivity contribution is 5.77. The number of fused-ring (bicyclic) bond motifs is 3.